The first kappa shape index (κ1) is 14.4. The van der Waals surface area contributed by atoms with Gasteiger partial charge >= 0.3 is 0 Å². The van der Waals surface area contributed by atoms with Gasteiger partial charge in [0.1, 0.15) is 5.52 Å². The maximum Gasteiger partial charge on any atom is 0.295 e. The number of hydrogen-bond donors (Lipinski definition) is 1. The quantitative estimate of drug-likeness (QED) is 0.699. The van der Waals surface area contributed by atoms with E-state index >= 15 is 0 Å². The maximum absolute atomic E-state index is 5.63. The number of rotatable bonds is 6. The second kappa shape index (κ2) is 6.52. The molecule has 0 saturated carbocycles. The van der Waals surface area contributed by atoms with Crippen LogP contribution in [-0.4, -0.2) is 25.6 Å². The fraction of sp³-hybridized carbons (Fsp3) is 0.278. The van der Waals surface area contributed by atoms with Crippen LogP contribution in [0, 0.1) is 0 Å². The lowest BCUT2D eigenvalue weighted by atomic mass is 10.1. The van der Waals surface area contributed by atoms with Crippen LogP contribution in [0.1, 0.15) is 12.0 Å². The first-order chi connectivity index (χ1) is 10.7. The minimum Gasteiger partial charge on any atom is -0.424 e. The van der Waals surface area contributed by atoms with Gasteiger partial charge in [0.25, 0.3) is 6.01 Å². The third-order valence-electron chi connectivity index (χ3n) is 3.67. The van der Waals surface area contributed by atoms with Crippen molar-refractivity contribution in [1.82, 2.24) is 4.98 Å². The Morgan fingerprint density at radius 1 is 1.05 bits per heavy atom. The Labute approximate surface area is 130 Å². The highest BCUT2D eigenvalue weighted by Gasteiger charge is 2.03. The topological polar surface area (TPSA) is 41.3 Å². The second-order valence-corrected chi connectivity index (χ2v) is 5.58. The number of nitrogens with one attached hydrogen (secondary N) is 1. The summed E-state index contributed by atoms with van der Waals surface area (Å²) >= 11 is 0. The first-order valence-corrected chi connectivity index (χ1v) is 7.58. The molecule has 2 aromatic carbocycles. The Bertz CT molecular complexity index is 698. The van der Waals surface area contributed by atoms with E-state index in [-0.39, 0.29) is 0 Å². The SMILES string of the molecule is CN(C)c1ccc(CCCNc2nc3ccccc3o2)cc1. The number of para-hydroxylation sites is 2. The summed E-state index contributed by atoms with van der Waals surface area (Å²) in [5.74, 6) is 0. The predicted molar refractivity (Wildman–Crippen MR) is 91.6 cm³/mol. The van der Waals surface area contributed by atoms with Crippen molar-refractivity contribution >= 4 is 22.8 Å². The molecule has 0 radical (unpaired) electrons. The fourth-order valence-corrected chi connectivity index (χ4v) is 2.40. The summed E-state index contributed by atoms with van der Waals surface area (Å²) in [5, 5.41) is 3.25. The minimum atomic E-state index is 0.601. The molecule has 4 heteroatoms. The van der Waals surface area contributed by atoms with Crippen LogP contribution in [0.25, 0.3) is 11.1 Å². The molecular weight excluding hydrogens is 274 g/mol. The fourth-order valence-electron chi connectivity index (χ4n) is 2.40. The molecule has 0 amide bonds. The molecule has 1 N–H and O–H groups in total. The van der Waals surface area contributed by atoms with E-state index < -0.39 is 0 Å². The number of benzene rings is 2. The molecule has 3 aromatic rings. The summed E-state index contributed by atoms with van der Waals surface area (Å²) in [6, 6.07) is 17.1. The molecule has 0 fully saturated rings. The molecule has 1 heterocycles. The van der Waals surface area contributed by atoms with Crippen molar-refractivity contribution in [3.05, 3.63) is 54.1 Å². The molecule has 4 nitrogen and oxygen atoms in total. The molecule has 0 aliphatic heterocycles. The summed E-state index contributed by atoms with van der Waals surface area (Å²) < 4.78 is 5.63. The van der Waals surface area contributed by atoms with E-state index in [1.165, 1.54) is 11.3 Å². The van der Waals surface area contributed by atoms with Gasteiger partial charge in [-0.3, -0.25) is 0 Å². The lowest BCUT2D eigenvalue weighted by Crippen LogP contribution is -2.08. The predicted octanol–water partition coefficient (Wildman–Crippen LogP) is 3.94. The number of hydrogen-bond acceptors (Lipinski definition) is 4. The molecule has 0 spiro atoms. The molecular formula is C18H21N3O. The van der Waals surface area contributed by atoms with Crippen LogP contribution in [0.3, 0.4) is 0 Å². The summed E-state index contributed by atoms with van der Waals surface area (Å²) in [6.07, 6.45) is 2.08. The van der Waals surface area contributed by atoms with Crippen LogP contribution in [0.2, 0.25) is 0 Å². The molecule has 1 aromatic heterocycles. The van der Waals surface area contributed by atoms with E-state index in [2.05, 4.69) is 53.6 Å². The van der Waals surface area contributed by atoms with Crippen molar-refractivity contribution in [3.8, 4) is 0 Å². The van der Waals surface area contributed by atoms with Gasteiger partial charge in [-0.25, -0.2) is 0 Å². The van der Waals surface area contributed by atoms with E-state index in [4.69, 9.17) is 4.42 Å². The van der Waals surface area contributed by atoms with E-state index in [0.29, 0.717) is 6.01 Å². The van der Waals surface area contributed by atoms with Gasteiger partial charge in [0.05, 0.1) is 0 Å². The molecule has 0 unspecified atom stereocenters. The van der Waals surface area contributed by atoms with Crippen molar-refractivity contribution in [2.45, 2.75) is 12.8 Å². The highest BCUT2D eigenvalue weighted by atomic mass is 16.4. The van der Waals surface area contributed by atoms with Crippen molar-refractivity contribution in [1.29, 1.82) is 0 Å². The maximum atomic E-state index is 5.63. The van der Waals surface area contributed by atoms with Gasteiger partial charge in [-0.15, -0.1) is 0 Å². The van der Waals surface area contributed by atoms with Crippen LogP contribution >= 0.6 is 0 Å². The normalized spacial score (nSPS) is 10.8. The Morgan fingerprint density at radius 3 is 2.55 bits per heavy atom. The molecule has 0 atom stereocenters. The summed E-state index contributed by atoms with van der Waals surface area (Å²) in [5.41, 5.74) is 4.30. The number of aryl methyl sites for hydroxylation is 1. The summed E-state index contributed by atoms with van der Waals surface area (Å²) in [4.78, 5) is 6.51. The number of oxazole rings is 1. The van der Waals surface area contributed by atoms with Crippen LogP contribution in [0.5, 0.6) is 0 Å². The third-order valence-corrected chi connectivity index (χ3v) is 3.67. The molecule has 22 heavy (non-hydrogen) atoms. The average Bonchev–Trinajstić information content (AvgIpc) is 2.95. The van der Waals surface area contributed by atoms with Crippen molar-refractivity contribution in [3.63, 3.8) is 0 Å². The largest absolute Gasteiger partial charge is 0.424 e. The molecule has 0 bridgehead atoms. The first-order valence-electron chi connectivity index (χ1n) is 7.58. The van der Waals surface area contributed by atoms with Gasteiger partial charge in [0.15, 0.2) is 5.58 Å². The molecule has 114 valence electrons. The van der Waals surface area contributed by atoms with Crippen LogP contribution in [-0.2, 0) is 6.42 Å². The zero-order chi connectivity index (χ0) is 15.4. The standard InChI is InChI=1S/C18H21N3O/c1-21(2)15-11-9-14(10-12-15)6-5-13-19-18-20-16-7-3-4-8-17(16)22-18/h3-4,7-12H,5-6,13H2,1-2H3,(H,19,20). The molecule has 3 rings (SSSR count). The summed E-state index contributed by atoms with van der Waals surface area (Å²) in [7, 11) is 4.11. The van der Waals surface area contributed by atoms with Gasteiger partial charge < -0.3 is 14.6 Å². The zero-order valence-corrected chi connectivity index (χ0v) is 13.0. The van der Waals surface area contributed by atoms with Gasteiger partial charge in [-0.2, -0.15) is 4.98 Å². The van der Waals surface area contributed by atoms with Crippen molar-refractivity contribution in [2.24, 2.45) is 0 Å². The van der Waals surface area contributed by atoms with Gasteiger partial charge in [-0.1, -0.05) is 24.3 Å². The average molecular weight is 295 g/mol. The smallest absolute Gasteiger partial charge is 0.295 e. The van der Waals surface area contributed by atoms with Gasteiger partial charge in [0, 0.05) is 26.3 Å². The van der Waals surface area contributed by atoms with Crippen LogP contribution < -0.4 is 10.2 Å². The second-order valence-electron chi connectivity index (χ2n) is 5.58. The monoisotopic (exact) mass is 295 g/mol. The number of fused-ring (bicyclic) bond motifs is 1. The molecule has 0 saturated heterocycles. The van der Waals surface area contributed by atoms with Gasteiger partial charge in [0.2, 0.25) is 0 Å². The Morgan fingerprint density at radius 2 is 1.82 bits per heavy atom. The third kappa shape index (κ3) is 3.39. The van der Waals surface area contributed by atoms with E-state index in [9.17, 15) is 0 Å². The lowest BCUT2D eigenvalue weighted by Gasteiger charge is -2.12. The van der Waals surface area contributed by atoms with E-state index in [1.54, 1.807) is 0 Å². The molecule has 0 aliphatic rings. The number of aromatic nitrogens is 1. The van der Waals surface area contributed by atoms with Crippen LogP contribution in [0.15, 0.2) is 52.9 Å². The van der Waals surface area contributed by atoms with Crippen LogP contribution in [0.4, 0.5) is 11.7 Å². The van der Waals surface area contributed by atoms with Gasteiger partial charge in [-0.05, 0) is 42.7 Å². The van der Waals surface area contributed by atoms with E-state index in [1.807, 2.05) is 24.3 Å². The molecule has 0 aliphatic carbocycles. The summed E-state index contributed by atoms with van der Waals surface area (Å²) in [6.45, 7) is 0.849. The van der Waals surface area contributed by atoms with E-state index in [0.717, 1.165) is 30.5 Å². The minimum absolute atomic E-state index is 0.601. The highest BCUT2D eigenvalue weighted by molar-refractivity contribution is 5.74. The Balaban J connectivity index is 1.48. The number of anilines is 2. The Hall–Kier alpha value is -2.49. The van der Waals surface area contributed by atoms with Crippen molar-refractivity contribution < 1.29 is 4.42 Å². The Kier molecular flexibility index (Phi) is 4.28. The van der Waals surface area contributed by atoms with Crippen molar-refractivity contribution in [2.75, 3.05) is 30.9 Å². The zero-order valence-electron chi connectivity index (χ0n) is 13.0. The lowest BCUT2D eigenvalue weighted by molar-refractivity contribution is 0.612. The highest BCUT2D eigenvalue weighted by Crippen LogP contribution is 2.18. The number of nitrogens with zero attached hydrogens (tertiary/aromatic N) is 2.